The number of esters is 1. The van der Waals surface area contributed by atoms with E-state index in [-0.39, 0.29) is 31.1 Å². The molecule has 1 aromatic carbocycles. The minimum atomic E-state index is -0.785. The van der Waals surface area contributed by atoms with Crippen LogP contribution in [0.4, 0.5) is 4.79 Å². The topological polar surface area (TPSA) is 96.2 Å². The van der Waals surface area contributed by atoms with E-state index in [1.165, 1.54) is 13.2 Å². The van der Waals surface area contributed by atoms with Crippen molar-refractivity contribution in [2.24, 2.45) is 0 Å². The second-order valence-electron chi connectivity index (χ2n) is 7.74. The molecule has 0 aliphatic rings. The molecule has 168 valence electrons. The smallest absolute Gasteiger partial charge is 0.412 e. The highest BCUT2D eigenvalue weighted by Gasteiger charge is 2.24. The normalized spacial score (nSPS) is 11.8. The van der Waals surface area contributed by atoms with Crippen molar-refractivity contribution in [2.75, 3.05) is 21.0 Å². The third-order valence-corrected chi connectivity index (χ3v) is 4.11. The van der Waals surface area contributed by atoms with Gasteiger partial charge in [0, 0.05) is 24.2 Å². The molecule has 1 heterocycles. The lowest BCUT2D eigenvalue weighted by molar-refractivity contribution is -0.136. The second kappa shape index (κ2) is 11.3. The van der Waals surface area contributed by atoms with Crippen molar-refractivity contribution in [3.8, 4) is 0 Å². The summed E-state index contributed by atoms with van der Waals surface area (Å²) in [5.74, 6) is 0.331. The summed E-state index contributed by atoms with van der Waals surface area (Å²) >= 11 is 0. The number of benzene rings is 1. The number of ether oxygens (including phenoxy) is 4. The summed E-state index contributed by atoms with van der Waals surface area (Å²) in [4.78, 5) is 24.4. The molecule has 1 N–H and O–H groups in total. The van der Waals surface area contributed by atoms with Gasteiger partial charge in [0.15, 0.2) is 0 Å². The Labute approximate surface area is 182 Å². The molecule has 0 aliphatic heterocycles. The van der Waals surface area contributed by atoms with Crippen molar-refractivity contribution in [3.05, 3.63) is 64.7 Å². The molecule has 1 amide bonds. The van der Waals surface area contributed by atoms with Crippen molar-refractivity contribution >= 4 is 18.1 Å². The third kappa shape index (κ3) is 7.58. The first kappa shape index (κ1) is 24.2. The fraction of sp³-hybridized carbons (Fsp3) is 0.391. The number of carbonyl (C=O) groups is 2. The van der Waals surface area contributed by atoms with Crippen LogP contribution in [0.2, 0.25) is 0 Å². The molecule has 0 saturated carbocycles. The molecule has 8 nitrogen and oxygen atoms in total. The van der Waals surface area contributed by atoms with E-state index in [1.54, 1.807) is 13.2 Å². The number of rotatable bonds is 9. The number of hydrogen-bond donors (Lipinski definition) is 1. The van der Waals surface area contributed by atoms with E-state index in [9.17, 15) is 9.59 Å². The summed E-state index contributed by atoms with van der Waals surface area (Å²) in [5.41, 5.74) is 1.22. The fourth-order valence-electron chi connectivity index (χ4n) is 2.77. The minimum absolute atomic E-state index is 0.0665. The summed E-state index contributed by atoms with van der Waals surface area (Å²) < 4.78 is 26.3. The maximum Gasteiger partial charge on any atom is 0.412 e. The maximum atomic E-state index is 12.2. The Balaban J connectivity index is 2.19. The van der Waals surface area contributed by atoms with Gasteiger partial charge >= 0.3 is 12.1 Å². The lowest BCUT2D eigenvalue weighted by atomic mass is 9.91. The Morgan fingerprint density at radius 1 is 1.10 bits per heavy atom. The molecule has 0 unspecified atom stereocenters. The molecule has 1 aromatic heterocycles. The zero-order valence-electron chi connectivity index (χ0n) is 18.5. The Morgan fingerprint density at radius 3 is 2.42 bits per heavy atom. The van der Waals surface area contributed by atoms with E-state index in [2.05, 4.69) is 5.32 Å². The van der Waals surface area contributed by atoms with Crippen LogP contribution in [0.3, 0.4) is 0 Å². The predicted octanol–water partition coefficient (Wildman–Crippen LogP) is 4.14. The van der Waals surface area contributed by atoms with E-state index < -0.39 is 12.1 Å². The number of hydrogen-bond acceptors (Lipinski definition) is 7. The van der Waals surface area contributed by atoms with Crippen LogP contribution in [0, 0.1) is 0 Å². The number of nitrogens with one attached hydrogen (secondary N) is 1. The first-order valence-corrected chi connectivity index (χ1v) is 9.72. The summed E-state index contributed by atoms with van der Waals surface area (Å²) in [7, 11) is 2.76. The van der Waals surface area contributed by atoms with Crippen LogP contribution < -0.4 is 5.32 Å². The van der Waals surface area contributed by atoms with Crippen molar-refractivity contribution in [2.45, 2.75) is 39.4 Å². The van der Waals surface area contributed by atoms with E-state index in [1.807, 2.05) is 51.1 Å². The van der Waals surface area contributed by atoms with E-state index in [0.29, 0.717) is 11.5 Å². The van der Waals surface area contributed by atoms with Gasteiger partial charge in [0.2, 0.25) is 0 Å². The van der Waals surface area contributed by atoms with Crippen molar-refractivity contribution < 1.29 is 33.0 Å². The molecule has 31 heavy (non-hydrogen) atoms. The zero-order chi connectivity index (χ0) is 22.9. The van der Waals surface area contributed by atoms with Crippen LogP contribution in [-0.4, -0.2) is 33.1 Å². The Kier molecular flexibility index (Phi) is 8.84. The van der Waals surface area contributed by atoms with Crippen LogP contribution in [0.1, 0.15) is 43.4 Å². The van der Waals surface area contributed by atoms with E-state index in [4.69, 9.17) is 23.4 Å². The average molecular weight is 431 g/mol. The quantitative estimate of drug-likeness (QED) is 0.276. The number of furan rings is 1. The first-order valence-electron chi connectivity index (χ1n) is 9.72. The van der Waals surface area contributed by atoms with Crippen LogP contribution in [0.25, 0.3) is 6.08 Å². The van der Waals surface area contributed by atoms with Crippen LogP contribution in [0.5, 0.6) is 0 Å². The van der Waals surface area contributed by atoms with Crippen LogP contribution in [0.15, 0.2) is 46.5 Å². The molecule has 2 aromatic rings. The molecular formula is C23H29NO7. The van der Waals surface area contributed by atoms with E-state index >= 15 is 0 Å². The molecular weight excluding hydrogens is 402 g/mol. The molecule has 8 heteroatoms. The Hall–Kier alpha value is -3.10. The third-order valence-electron chi connectivity index (χ3n) is 4.11. The highest BCUT2D eigenvalue weighted by atomic mass is 16.7. The molecule has 0 atom stereocenters. The summed E-state index contributed by atoms with van der Waals surface area (Å²) in [6.45, 7) is 6.48. The van der Waals surface area contributed by atoms with Gasteiger partial charge in [0.05, 0.1) is 13.7 Å². The largest absolute Gasteiger partial charge is 0.464 e. The van der Waals surface area contributed by atoms with Crippen molar-refractivity contribution in [1.29, 1.82) is 0 Å². The summed E-state index contributed by atoms with van der Waals surface area (Å²) in [6, 6.07) is 11.0. The zero-order valence-corrected chi connectivity index (χ0v) is 18.5. The molecule has 2 rings (SSSR count). The summed E-state index contributed by atoms with van der Waals surface area (Å²) in [5, 5.41) is 2.42. The van der Waals surface area contributed by atoms with Gasteiger partial charge < -0.3 is 23.4 Å². The van der Waals surface area contributed by atoms with Gasteiger partial charge in [-0.25, -0.2) is 9.59 Å². The second-order valence-corrected chi connectivity index (χ2v) is 7.74. The maximum absolute atomic E-state index is 12.2. The number of alkyl carbamates (subject to hydrolysis) is 1. The number of amides is 1. The molecule has 0 fully saturated rings. The molecule has 0 radical (unpaired) electrons. The average Bonchev–Trinajstić information content (AvgIpc) is 3.15. The van der Waals surface area contributed by atoms with E-state index in [0.717, 1.165) is 11.1 Å². The number of carbonyl (C=O) groups excluding carboxylic acids is 2. The van der Waals surface area contributed by atoms with Gasteiger partial charge in [0.25, 0.3) is 0 Å². The minimum Gasteiger partial charge on any atom is -0.464 e. The van der Waals surface area contributed by atoms with Gasteiger partial charge in [0.1, 0.15) is 30.6 Å². The molecule has 0 aliphatic carbocycles. The van der Waals surface area contributed by atoms with Gasteiger partial charge in [-0.3, -0.25) is 5.32 Å². The highest BCUT2D eigenvalue weighted by Crippen LogP contribution is 2.30. The highest BCUT2D eigenvalue weighted by molar-refractivity contribution is 5.96. The first-order chi connectivity index (χ1) is 14.7. The van der Waals surface area contributed by atoms with Crippen LogP contribution >= 0.6 is 0 Å². The monoisotopic (exact) mass is 431 g/mol. The van der Waals surface area contributed by atoms with Crippen molar-refractivity contribution in [3.63, 3.8) is 0 Å². The van der Waals surface area contributed by atoms with Gasteiger partial charge in [-0.05, 0) is 11.6 Å². The standard InChI is InChI=1S/C23H29NO7/c1-23(2,3)20-17(14-29-15-27-4)11-18(31-20)12-19(21(25)28-5)24-22(26)30-13-16-9-7-6-8-10-16/h6-12H,13-15H2,1-5H3,(H,24,26). The Morgan fingerprint density at radius 2 is 1.81 bits per heavy atom. The lowest BCUT2D eigenvalue weighted by Gasteiger charge is -2.17. The van der Waals surface area contributed by atoms with Gasteiger partial charge in [-0.2, -0.15) is 0 Å². The van der Waals surface area contributed by atoms with Crippen LogP contribution in [-0.2, 0) is 42.4 Å². The van der Waals surface area contributed by atoms with Gasteiger partial charge in [-0.1, -0.05) is 51.1 Å². The van der Waals surface area contributed by atoms with Gasteiger partial charge in [-0.15, -0.1) is 0 Å². The SMILES string of the molecule is COCOCc1cc(C=C(NC(=O)OCc2ccccc2)C(=O)OC)oc1C(C)(C)C. The number of methoxy groups -OCH3 is 2. The Bertz CT molecular complexity index is 894. The van der Waals surface area contributed by atoms with Crippen molar-refractivity contribution in [1.82, 2.24) is 5.32 Å². The fourth-order valence-corrected chi connectivity index (χ4v) is 2.77. The molecule has 0 spiro atoms. The lowest BCUT2D eigenvalue weighted by Crippen LogP contribution is -2.28. The molecule has 0 bridgehead atoms. The predicted molar refractivity (Wildman–Crippen MR) is 114 cm³/mol. The molecule has 0 saturated heterocycles. The summed E-state index contributed by atoms with van der Waals surface area (Å²) in [6.07, 6.45) is 0.608.